The van der Waals surface area contributed by atoms with E-state index in [2.05, 4.69) is 98.8 Å². The van der Waals surface area contributed by atoms with E-state index >= 15 is 0 Å². The molecule has 0 aliphatic heterocycles. The maximum absolute atomic E-state index is 2.40. The van der Waals surface area contributed by atoms with Crippen LogP contribution in [-0.2, 0) is 23.2 Å². The molecule has 0 aromatic heterocycles. The first-order chi connectivity index (χ1) is 12.3. The summed E-state index contributed by atoms with van der Waals surface area (Å²) in [4.78, 5) is 0. The number of hydrogen-bond donors (Lipinski definition) is 0. The maximum Gasteiger partial charge on any atom is -1.00 e. The molecule has 2 aliphatic carbocycles. The fourth-order valence-corrected chi connectivity index (χ4v) is 8.73. The molecule has 27 heavy (non-hydrogen) atoms. The number of fused-ring (bicyclic) bond motifs is 2. The predicted octanol–water partition coefficient (Wildman–Crippen LogP) is 0.506. The molecule has 136 valence electrons. The van der Waals surface area contributed by atoms with Crippen LogP contribution in [-0.4, -0.2) is 0 Å². The van der Waals surface area contributed by atoms with Crippen molar-refractivity contribution in [1.29, 1.82) is 0 Å². The average molecular weight is 473 g/mol. The van der Waals surface area contributed by atoms with Gasteiger partial charge in [-0.2, -0.15) is 0 Å². The molecule has 0 nitrogen and oxygen atoms in total. The molecule has 0 N–H and O–H groups in total. The summed E-state index contributed by atoms with van der Waals surface area (Å²) in [5.74, 6) is 0. The fourth-order valence-electron chi connectivity index (χ4n) is 3.91. The van der Waals surface area contributed by atoms with Gasteiger partial charge in [0, 0.05) is 0 Å². The summed E-state index contributed by atoms with van der Waals surface area (Å²) in [6.45, 7) is 4.25. The molecule has 0 saturated heterocycles. The van der Waals surface area contributed by atoms with Gasteiger partial charge in [-0.3, -0.25) is 0 Å². The third-order valence-corrected chi connectivity index (χ3v) is 9.78. The summed E-state index contributed by atoms with van der Waals surface area (Å²) in [5.41, 5.74) is 8.96. The van der Waals surface area contributed by atoms with Gasteiger partial charge in [-0.15, -0.1) is 0 Å². The van der Waals surface area contributed by atoms with E-state index in [1.165, 1.54) is 22.3 Å². The molecule has 2 unspecified atom stereocenters. The van der Waals surface area contributed by atoms with E-state index in [-0.39, 0.29) is 24.8 Å². The normalized spacial score (nSPS) is 19.6. The van der Waals surface area contributed by atoms with Crippen LogP contribution in [0.3, 0.4) is 0 Å². The second-order valence-corrected chi connectivity index (χ2v) is 10.2. The monoisotopic (exact) mass is 470 g/mol. The van der Waals surface area contributed by atoms with Gasteiger partial charge in [0.05, 0.1) is 0 Å². The summed E-state index contributed by atoms with van der Waals surface area (Å²) in [6.07, 6.45) is 13.8. The number of halogens is 2. The van der Waals surface area contributed by atoms with Crippen molar-refractivity contribution < 1.29 is 48.0 Å². The summed E-state index contributed by atoms with van der Waals surface area (Å²) < 4.78 is 1.28. The number of hydrogen-bond acceptors (Lipinski definition) is 0. The van der Waals surface area contributed by atoms with Crippen molar-refractivity contribution in [3.05, 3.63) is 106 Å². The van der Waals surface area contributed by atoms with E-state index in [4.69, 9.17) is 0 Å². The topological polar surface area (TPSA) is 0 Å². The minimum Gasteiger partial charge on any atom is -1.00 e. The molecule has 0 radical (unpaired) electrons. The minimum absolute atomic E-state index is 0. The molecule has 2 aliphatic rings. The maximum atomic E-state index is 2.40. The van der Waals surface area contributed by atoms with Crippen LogP contribution in [0.1, 0.15) is 43.4 Å². The van der Waals surface area contributed by atoms with Gasteiger partial charge in [0.25, 0.3) is 0 Å². The summed E-state index contributed by atoms with van der Waals surface area (Å²) in [5, 5.41) is 0. The number of rotatable bonds is 4. The molecule has 0 spiro atoms. The van der Waals surface area contributed by atoms with Gasteiger partial charge in [-0.25, -0.2) is 0 Å². The average Bonchev–Trinajstić information content (AvgIpc) is 3.15. The van der Waals surface area contributed by atoms with Gasteiger partial charge < -0.3 is 24.8 Å². The van der Waals surface area contributed by atoms with Crippen molar-refractivity contribution in [2.24, 2.45) is 0 Å². The largest absolute Gasteiger partial charge is 1.00 e. The van der Waals surface area contributed by atoms with Crippen LogP contribution in [0.2, 0.25) is 0 Å². The van der Waals surface area contributed by atoms with Gasteiger partial charge in [0.2, 0.25) is 0 Å². The van der Waals surface area contributed by atoms with Gasteiger partial charge in [0.1, 0.15) is 0 Å². The van der Waals surface area contributed by atoms with Crippen molar-refractivity contribution in [1.82, 2.24) is 0 Å². The summed E-state index contributed by atoms with van der Waals surface area (Å²) >= 11 is -0.776. The molecular formula is C24H22Cl2Zr. The Morgan fingerprint density at radius 2 is 1.07 bits per heavy atom. The fraction of sp³-hybridized carbons (Fsp3) is 0.167. The van der Waals surface area contributed by atoms with Crippen LogP contribution in [0.15, 0.2) is 84.0 Å². The van der Waals surface area contributed by atoms with Crippen molar-refractivity contribution in [2.75, 3.05) is 0 Å². The summed E-state index contributed by atoms with van der Waals surface area (Å²) in [7, 11) is 0. The zero-order valence-electron chi connectivity index (χ0n) is 15.5. The minimum atomic E-state index is -0.776. The Hall–Kier alpha value is -1.14. The van der Waals surface area contributed by atoms with Crippen molar-refractivity contribution in [2.45, 2.75) is 21.1 Å². The first-order valence-electron chi connectivity index (χ1n) is 8.94. The SMILES string of the molecule is CC=CC1=Cc2ccccc2[CH]1[Zr+2][CH]1C(C=CC)=Cc2ccccc21.[Cl-].[Cl-]. The third-order valence-electron chi connectivity index (χ3n) is 4.98. The molecule has 0 saturated carbocycles. The van der Waals surface area contributed by atoms with E-state index in [1.54, 1.807) is 11.1 Å². The number of allylic oxidation sites excluding steroid dienone is 6. The van der Waals surface area contributed by atoms with Crippen molar-refractivity contribution in [3.8, 4) is 0 Å². The summed E-state index contributed by atoms with van der Waals surface area (Å²) in [6, 6.07) is 17.9. The Morgan fingerprint density at radius 1 is 0.667 bits per heavy atom. The molecule has 2 aromatic rings. The van der Waals surface area contributed by atoms with Crippen LogP contribution < -0.4 is 24.8 Å². The molecule has 2 aromatic carbocycles. The third kappa shape index (κ3) is 4.32. The first kappa shape index (κ1) is 22.2. The van der Waals surface area contributed by atoms with Gasteiger partial charge in [-0.1, -0.05) is 0 Å². The van der Waals surface area contributed by atoms with Gasteiger partial charge in [0.15, 0.2) is 0 Å². The van der Waals surface area contributed by atoms with Crippen LogP contribution in [0.4, 0.5) is 0 Å². The smallest absolute Gasteiger partial charge is 1.00 e. The first-order valence-corrected chi connectivity index (χ1v) is 11.8. The van der Waals surface area contributed by atoms with E-state index in [0.29, 0.717) is 7.25 Å². The number of benzene rings is 2. The molecule has 4 rings (SSSR count). The van der Waals surface area contributed by atoms with E-state index < -0.39 is 23.2 Å². The van der Waals surface area contributed by atoms with Crippen LogP contribution in [0.25, 0.3) is 12.2 Å². The zero-order chi connectivity index (χ0) is 17.2. The second-order valence-electron chi connectivity index (χ2n) is 6.58. The Morgan fingerprint density at radius 3 is 1.48 bits per heavy atom. The standard InChI is InChI=1S/2C12H11.2ClH.Zr/c2*1-2-5-10-8-11-6-3-4-7-12(11)9-10;;;/h2*2-9H,1H3;2*1H;/q;;;;+2/p-2. The van der Waals surface area contributed by atoms with Crippen molar-refractivity contribution >= 4 is 12.2 Å². The van der Waals surface area contributed by atoms with E-state index in [1.807, 2.05) is 0 Å². The van der Waals surface area contributed by atoms with Crippen LogP contribution in [0.5, 0.6) is 0 Å². The van der Waals surface area contributed by atoms with Crippen LogP contribution >= 0.6 is 0 Å². The Kier molecular flexibility index (Phi) is 8.10. The van der Waals surface area contributed by atoms with Crippen molar-refractivity contribution in [3.63, 3.8) is 0 Å². The second kappa shape index (κ2) is 9.88. The molecule has 0 heterocycles. The molecule has 0 fully saturated rings. The molecule has 2 atom stereocenters. The van der Waals surface area contributed by atoms with E-state index in [9.17, 15) is 0 Å². The quantitative estimate of drug-likeness (QED) is 0.609. The molecule has 0 bridgehead atoms. The molecule has 0 amide bonds. The molecule has 3 heteroatoms. The van der Waals surface area contributed by atoms with E-state index in [0.717, 1.165) is 0 Å². The zero-order valence-corrected chi connectivity index (χ0v) is 19.5. The predicted molar refractivity (Wildman–Crippen MR) is 104 cm³/mol. The Bertz CT molecular complexity index is 846. The van der Waals surface area contributed by atoms with Gasteiger partial charge >= 0.3 is 163 Å². The Balaban J connectivity index is 0.00000131. The Labute approximate surface area is 186 Å². The van der Waals surface area contributed by atoms with Gasteiger partial charge in [-0.05, 0) is 0 Å². The van der Waals surface area contributed by atoms with Crippen LogP contribution in [0, 0.1) is 0 Å². The molecular weight excluding hydrogens is 450 g/mol.